The topological polar surface area (TPSA) is 88.9 Å². The van der Waals surface area contributed by atoms with Crippen molar-refractivity contribution in [2.24, 2.45) is 0 Å². The molecule has 12 heavy (non-hydrogen) atoms. The predicted octanol–water partition coefficient (Wildman–Crippen LogP) is 0.888. The number of nitrogens with zero attached hydrogens (tertiary/aromatic N) is 2. The van der Waals surface area contributed by atoms with E-state index in [0.717, 1.165) is 0 Å². The highest BCUT2D eigenvalue weighted by Crippen LogP contribution is 2.20. The van der Waals surface area contributed by atoms with Gasteiger partial charge in [0.15, 0.2) is 15.8 Å². The monoisotopic (exact) mass is 209 g/mol. The lowest BCUT2D eigenvalue weighted by molar-refractivity contribution is -0.392. The lowest BCUT2D eigenvalue weighted by Crippen LogP contribution is -1.93. The van der Waals surface area contributed by atoms with Gasteiger partial charge in [0.1, 0.15) is 0 Å². The molecule has 0 spiro atoms. The number of hydrogen-bond acceptors (Lipinski definition) is 4. The van der Waals surface area contributed by atoms with E-state index in [4.69, 9.17) is 10.7 Å². The Morgan fingerprint density at radius 3 is 2.67 bits per heavy atom. The second-order valence-corrected chi connectivity index (χ2v) is 3.63. The van der Waals surface area contributed by atoms with E-state index in [-0.39, 0.29) is 5.03 Å². The molecule has 0 fully saturated rings. The van der Waals surface area contributed by atoms with Gasteiger partial charge in [-0.15, -0.1) is 0 Å². The summed E-state index contributed by atoms with van der Waals surface area (Å²) < 4.78 is 10.7. The van der Waals surface area contributed by atoms with E-state index >= 15 is 0 Å². The Kier molecular flexibility index (Phi) is 2.43. The Balaban J connectivity index is 3.26. The SMILES string of the molecule is Cc1nc(S(=O)Cl)c([N+](=O)[O-])[nH]1. The number of halogens is 1. The van der Waals surface area contributed by atoms with Gasteiger partial charge in [-0.2, -0.15) is 4.98 Å². The first-order valence-electron chi connectivity index (χ1n) is 2.81. The molecule has 1 aromatic heterocycles. The number of rotatable bonds is 2. The first-order chi connectivity index (χ1) is 5.52. The number of imidazole rings is 1. The Hall–Kier alpha value is -0.950. The first kappa shape index (κ1) is 9.14. The van der Waals surface area contributed by atoms with Crippen LogP contribution in [0.4, 0.5) is 5.82 Å². The second-order valence-electron chi connectivity index (χ2n) is 1.96. The van der Waals surface area contributed by atoms with Gasteiger partial charge >= 0.3 is 5.82 Å². The molecule has 1 heterocycles. The molecule has 8 heteroatoms. The number of nitrogens with one attached hydrogen (secondary N) is 1. The maximum atomic E-state index is 10.7. The fourth-order valence-electron chi connectivity index (χ4n) is 0.694. The van der Waals surface area contributed by atoms with Crippen molar-refractivity contribution in [1.82, 2.24) is 9.97 Å². The zero-order chi connectivity index (χ0) is 9.30. The van der Waals surface area contributed by atoms with E-state index in [1.165, 1.54) is 6.92 Å². The van der Waals surface area contributed by atoms with Crippen LogP contribution in [0.15, 0.2) is 5.03 Å². The van der Waals surface area contributed by atoms with E-state index in [1.807, 2.05) is 0 Å². The molecule has 0 saturated heterocycles. The Labute approximate surface area is 74.1 Å². The minimum absolute atomic E-state index is 0.237. The average molecular weight is 210 g/mol. The third-order valence-electron chi connectivity index (χ3n) is 1.11. The van der Waals surface area contributed by atoms with E-state index < -0.39 is 20.8 Å². The van der Waals surface area contributed by atoms with Gasteiger partial charge in [-0.1, -0.05) is 0 Å². The summed E-state index contributed by atoms with van der Waals surface area (Å²) in [6, 6.07) is 0. The summed E-state index contributed by atoms with van der Waals surface area (Å²) in [7, 11) is 3.20. The quantitative estimate of drug-likeness (QED) is 0.445. The summed E-state index contributed by atoms with van der Waals surface area (Å²) in [5.41, 5.74) is 0. The van der Waals surface area contributed by atoms with Crippen LogP contribution in [-0.2, 0) is 10.0 Å². The van der Waals surface area contributed by atoms with E-state index in [2.05, 4.69) is 9.97 Å². The van der Waals surface area contributed by atoms with Crippen LogP contribution in [-0.4, -0.2) is 19.1 Å². The van der Waals surface area contributed by atoms with Gasteiger partial charge < -0.3 is 10.1 Å². The van der Waals surface area contributed by atoms with Crippen molar-refractivity contribution in [2.75, 3.05) is 0 Å². The molecule has 1 unspecified atom stereocenters. The molecule has 0 amide bonds. The minimum atomic E-state index is -1.95. The third kappa shape index (κ3) is 1.62. The predicted molar refractivity (Wildman–Crippen MR) is 42.2 cm³/mol. The molecule has 6 nitrogen and oxygen atoms in total. The zero-order valence-corrected chi connectivity index (χ0v) is 7.48. The van der Waals surface area contributed by atoms with Crippen LogP contribution in [0.1, 0.15) is 5.82 Å². The molecule has 1 atom stereocenters. The molecule has 1 rings (SSSR count). The van der Waals surface area contributed by atoms with Crippen molar-refractivity contribution in [3.63, 3.8) is 0 Å². The number of aromatic amines is 1. The van der Waals surface area contributed by atoms with E-state index in [1.54, 1.807) is 0 Å². The summed E-state index contributed by atoms with van der Waals surface area (Å²) in [6.07, 6.45) is 0. The molecule has 0 aromatic carbocycles. The zero-order valence-electron chi connectivity index (χ0n) is 5.91. The maximum absolute atomic E-state index is 10.7. The van der Waals surface area contributed by atoms with Gasteiger partial charge in [0, 0.05) is 6.92 Å². The first-order valence-corrected chi connectivity index (χ1v) is 4.79. The highest BCUT2D eigenvalue weighted by Gasteiger charge is 2.21. The Bertz CT molecular complexity index is 318. The van der Waals surface area contributed by atoms with Crippen molar-refractivity contribution in [3.8, 4) is 0 Å². The standard InChI is InChI=1S/C4H4ClN3O3S/c1-2-6-3(8(9)10)4(7-2)12(5)11/h1H3,(H,6,7). The lowest BCUT2D eigenvalue weighted by Gasteiger charge is -1.89. The van der Waals surface area contributed by atoms with Gasteiger partial charge in [0.2, 0.25) is 5.03 Å². The molecular weight excluding hydrogens is 206 g/mol. The largest absolute Gasteiger partial charge is 0.358 e. The average Bonchev–Trinajstić information content (AvgIpc) is 2.31. The second kappa shape index (κ2) is 3.20. The third-order valence-corrected chi connectivity index (χ3v) is 2.13. The number of H-pyrrole nitrogens is 1. The fourth-order valence-corrected chi connectivity index (χ4v) is 1.50. The number of aromatic nitrogens is 2. The number of nitro groups is 1. The maximum Gasteiger partial charge on any atom is 0.358 e. The molecule has 1 N–H and O–H groups in total. The molecule has 0 aliphatic heterocycles. The molecule has 0 saturated carbocycles. The van der Waals surface area contributed by atoms with Crippen LogP contribution in [0, 0.1) is 17.0 Å². The summed E-state index contributed by atoms with van der Waals surface area (Å²) in [5, 5.41) is 10.0. The van der Waals surface area contributed by atoms with Gasteiger partial charge in [-0.3, -0.25) is 0 Å². The van der Waals surface area contributed by atoms with E-state index in [0.29, 0.717) is 5.82 Å². The highest BCUT2D eigenvalue weighted by molar-refractivity contribution is 8.08. The minimum Gasteiger partial charge on any atom is -0.358 e. The molecule has 1 aromatic rings. The molecular formula is C4H4ClN3O3S. The van der Waals surface area contributed by atoms with Gasteiger partial charge in [-0.05, 0) is 15.6 Å². The normalized spacial score (nSPS) is 12.8. The van der Waals surface area contributed by atoms with Crippen molar-refractivity contribution >= 4 is 26.5 Å². The molecule has 0 bridgehead atoms. The number of aryl methyl sites for hydroxylation is 1. The van der Waals surface area contributed by atoms with Crippen LogP contribution in [0.2, 0.25) is 0 Å². The van der Waals surface area contributed by atoms with Crippen LogP contribution in [0.5, 0.6) is 0 Å². The van der Waals surface area contributed by atoms with Crippen molar-refractivity contribution in [1.29, 1.82) is 0 Å². The molecule has 66 valence electrons. The van der Waals surface area contributed by atoms with Crippen molar-refractivity contribution < 1.29 is 9.13 Å². The number of hydrogen-bond donors (Lipinski definition) is 1. The van der Waals surface area contributed by atoms with Gasteiger partial charge in [0.05, 0.1) is 0 Å². The van der Waals surface area contributed by atoms with Crippen molar-refractivity contribution in [2.45, 2.75) is 11.9 Å². The summed E-state index contributed by atoms with van der Waals surface area (Å²) in [6.45, 7) is 1.51. The summed E-state index contributed by atoms with van der Waals surface area (Å²) >= 11 is 0. The molecule has 0 aliphatic carbocycles. The van der Waals surface area contributed by atoms with Crippen LogP contribution in [0.25, 0.3) is 0 Å². The smallest absolute Gasteiger partial charge is 0.358 e. The van der Waals surface area contributed by atoms with Crippen LogP contribution < -0.4 is 0 Å². The highest BCUT2D eigenvalue weighted by atomic mass is 35.7. The van der Waals surface area contributed by atoms with Crippen LogP contribution in [0.3, 0.4) is 0 Å². The lowest BCUT2D eigenvalue weighted by atomic mass is 10.7. The van der Waals surface area contributed by atoms with Crippen molar-refractivity contribution in [3.05, 3.63) is 15.9 Å². The summed E-state index contributed by atoms with van der Waals surface area (Å²) in [5.74, 6) is -0.105. The molecule has 0 aliphatic rings. The van der Waals surface area contributed by atoms with Gasteiger partial charge in [0.25, 0.3) is 0 Å². The van der Waals surface area contributed by atoms with Gasteiger partial charge in [-0.25, -0.2) is 9.19 Å². The van der Waals surface area contributed by atoms with Crippen LogP contribution >= 0.6 is 10.7 Å². The Morgan fingerprint density at radius 2 is 2.33 bits per heavy atom. The summed E-state index contributed by atoms with van der Waals surface area (Å²) in [4.78, 5) is 15.5. The fraction of sp³-hybridized carbons (Fsp3) is 0.250. The van der Waals surface area contributed by atoms with E-state index in [9.17, 15) is 14.3 Å². The molecule has 0 radical (unpaired) electrons. The Morgan fingerprint density at radius 1 is 1.75 bits per heavy atom.